The van der Waals surface area contributed by atoms with Gasteiger partial charge in [0.2, 0.25) is 5.78 Å². The lowest BCUT2D eigenvalue weighted by Gasteiger charge is -2.28. The highest BCUT2D eigenvalue weighted by Crippen LogP contribution is 2.36. The highest BCUT2D eigenvalue weighted by atomic mass is 35.5. The summed E-state index contributed by atoms with van der Waals surface area (Å²) in [6.07, 6.45) is 6.11. The van der Waals surface area contributed by atoms with Crippen LogP contribution >= 0.6 is 11.6 Å². The number of allylic oxidation sites excluding steroid dienone is 2. The fraction of sp³-hybridized carbons (Fsp3) is 0.375. The second-order valence-electron chi connectivity index (χ2n) is 5.19. The van der Waals surface area contributed by atoms with Crippen LogP contribution in [-0.4, -0.2) is 11.5 Å². The van der Waals surface area contributed by atoms with Crippen LogP contribution in [0.1, 0.15) is 42.5 Å². The molecular weight excluding hydrogens is 258 g/mol. The highest BCUT2D eigenvalue weighted by Gasteiger charge is 2.32. The first kappa shape index (κ1) is 12.6. The first-order valence-electron chi connectivity index (χ1n) is 6.86. The Hall–Kier alpha value is -1.41. The minimum Gasteiger partial charge on any atom is -0.287 e. The van der Waals surface area contributed by atoms with Gasteiger partial charge in [0.15, 0.2) is 0 Å². The largest absolute Gasteiger partial charge is 0.287 e. The number of carbonyl (C=O) groups is 1. The molecule has 0 N–H and O–H groups in total. The Morgan fingerprint density at radius 1 is 1.11 bits per heavy atom. The van der Waals surface area contributed by atoms with Crippen molar-refractivity contribution in [2.45, 2.75) is 32.1 Å². The molecule has 3 rings (SSSR count). The van der Waals surface area contributed by atoms with E-state index in [1.165, 1.54) is 19.3 Å². The topological polar surface area (TPSA) is 29.4 Å². The van der Waals surface area contributed by atoms with Crippen molar-refractivity contribution >= 4 is 23.1 Å². The van der Waals surface area contributed by atoms with Gasteiger partial charge >= 0.3 is 0 Å². The number of benzene rings is 1. The summed E-state index contributed by atoms with van der Waals surface area (Å²) in [6.45, 7) is 0. The Morgan fingerprint density at radius 2 is 1.79 bits per heavy atom. The maximum atomic E-state index is 12.2. The van der Waals surface area contributed by atoms with Gasteiger partial charge in [-0.1, -0.05) is 61.2 Å². The van der Waals surface area contributed by atoms with Crippen LogP contribution in [0.15, 0.2) is 46.1 Å². The van der Waals surface area contributed by atoms with E-state index in [2.05, 4.69) is 4.99 Å². The van der Waals surface area contributed by atoms with Crippen molar-refractivity contribution in [2.75, 3.05) is 0 Å². The molecule has 0 amide bonds. The molecule has 0 spiro atoms. The molecule has 3 heteroatoms. The number of halogens is 1. The summed E-state index contributed by atoms with van der Waals surface area (Å²) in [4.78, 5) is 16.6. The predicted molar refractivity (Wildman–Crippen MR) is 77.7 cm³/mol. The van der Waals surface area contributed by atoms with E-state index < -0.39 is 0 Å². The van der Waals surface area contributed by atoms with Crippen molar-refractivity contribution in [1.29, 1.82) is 0 Å². The van der Waals surface area contributed by atoms with E-state index in [1.807, 2.05) is 18.2 Å². The van der Waals surface area contributed by atoms with Crippen LogP contribution in [0, 0.1) is 5.92 Å². The number of aliphatic imine (C=N–C) groups is 1. The maximum absolute atomic E-state index is 12.2. The number of carbonyl (C=O) groups excluding carboxylic acids is 1. The smallest absolute Gasteiger partial charge is 0.212 e. The summed E-state index contributed by atoms with van der Waals surface area (Å²) in [5, 5.41) is 0.598. The molecule has 1 aromatic carbocycles. The molecule has 0 atom stereocenters. The normalized spacial score (nSPS) is 19.9. The van der Waals surface area contributed by atoms with E-state index in [4.69, 9.17) is 11.6 Å². The van der Waals surface area contributed by atoms with Gasteiger partial charge in [0.25, 0.3) is 0 Å². The molecule has 19 heavy (non-hydrogen) atoms. The zero-order chi connectivity index (χ0) is 13.2. The maximum Gasteiger partial charge on any atom is 0.212 e. The van der Waals surface area contributed by atoms with Crippen LogP contribution in [0.5, 0.6) is 0 Å². The standard InChI is InChI=1S/C16H16ClNO/c17-13-14(11-7-3-1-4-8-11)18-15(13)16(19)12-9-5-2-6-10-12/h2,5-6,9-11H,1,3-4,7-8H2. The van der Waals surface area contributed by atoms with Crippen molar-refractivity contribution < 1.29 is 4.79 Å². The molecule has 1 saturated carbocycles. The molecule has 0 bridgehead atoms. The average Bonchev–Trinajstić information content (AvgIpc) is 2.47. The Morgan fingerprint density at radius 3 is 2.42 bits per heavy atom. The van der Waals surface area contributed by atoms with Gasteiger partial charge in [0.05, 0.1) is 10.7 Å². The summed E-state index contributed by atoms with van der Waals surface area (Å²) in [7, 11) is 0. The van der Waals surface area contributed by atoms with Gasteiger partial charge in [-0.15, -0.1) is 0 Å². The Labute approximate surface area is 118 Å². The van der Waals surface area contributed by atoms with Crippen molar-refractivity contribution in [2.24, 2.45) is 10.9 Å². The van der Waals surface area contributed by atoms with Gasteiger partial charge in [0, 0.05) is 11.5 Å². The van der Waals surface area contributed by atoms with Gasteiger partial charge in [-0.05, 0) is 12.8 Å². The summed E-state index contributed by atoms with van der Waals surface area (Å²) >= 11 is 6.29. The number of nitrogens with zero attached hydrogens (tertiary/aromatic N) is 1. The SMILES string of the molecule is O=C(C1=C(Cl)C(C2CCCCC2)=N1)c1ccccc1. The monoisotopic (exact) mass is 273 g/mol. The van der Waals surface area contributed by atoms with Gasteiger partial charge in [-0.3, -0.25) is 4.79 Å². The van der Waals surface area contributed by atoms with E-state index >= 15 is 0 Å². The number of ketones is 1. The number of hydrogen-bond donors (Lipinski definition) is 0. The lowest BCUT2D eigenvalue weighted by Crippen LogP contribution is -2.26. The molecule has 1 aromatic rings. The third-order valence-corrected chi connectivity index (χ3v) is 4.28. The average molecular weight is 274 g/mol. The zero-order valence-corrected chi connectivity index (χ0v) is 11.5. The van der Waals surface area contributed by atoms with Crippen molar-refractivity contribution in [3.8, 4) is 0 Å². The summed E-state index contributed by atoms with van der Waals surface area (Å²) in [6, 6.07) is 9.20. The molecule has 0 aromatic heterocycles. The molecule has 0 unspecified atom stereocenters. The minimum atomic E-state index is -0.0647. The molecule has 1 heterocycles. The molecule has 0 radical (unpaired) electrons. The van der Waals surface area contributed by atoms with Gasteiger partial charge in [-0.25, -0.2) is 4.99 Å². The number of hydrogen-bond acceptors (Lipinski definition) is 2. The Balaban J connectivity index is 1.74. The molecule has 0 saturated heterocycles. The quantitative estimate of drug-likeness (QED) is 0.753. The van der Waals surface area contributed by atoms with Gasteiger partial charge in [0.1, 0.15) is 5.70 Å². The predicted octanol–water partition coefficient (Wildman–Crippen LogP) is 4.35. The van der Waals surface area contributed by atoms with Crippen LogP contribution in [0.25, 0.3) is 0 Å². The van der Waals surface area contributed by atoms with Crippen LogP contribution in [0.2, 0.25) is 0 Å². The second-order valence-corrected chi connectivity index (χ2v) is 5.57. The molecular formula is C16H16ClNO. The summed E-state index contributed by atoms with van der Waals surface area (Å²) in [5.74, 6) is 0.402. The van der Waals surface area contributed by atoms with Crippen LogP contribution in [0.4, 0.5) is 0 Å². The Kier molecular flexibility index (Phi) is 3.52. The minimum absolute atomic E-state index is 0.0647. The third-order valence-electron chi connectivity index (χ3n) is 3.91. The molecule has 1 fully saturated rings. The molecule has 2 aliphatic rings. The van der Waals surface area contributed by atoms with E-state index in [9.17, 15) is 4.79 Å². The fourth-order valence-electron chi connectivity index (χ4n) is 2.81. The first-order chi connectivity index (χ1) is 9.27. The van der Waals surface area contributed by atoms with Crippen LogP contribution in [0.3, 0.4) is 0 Å². The second kappa shape index (κ2) is 5.30. The Bertz CT molecular complexity index is 553. The first-order valence-corrected chi connectivity index (χ1v) is 7.23. The van der Waals surface area contributed by atoms with E-state index in [1.54, 1.807) is 12.1 Å². The molecule has 98 valence electrons. The number of Topliss-reactive ketones (excluding diaryl/α,β-unsaturated/α-hetero) is 1. The van der Waals surface area contributed by atoms with E-state index in [0.717, 1.165) is 18.6 Å². The summed E-state index contributed by atoms with van der Waals surface area (Å²) < 4.78 is 0. The van der Waals surface area contributed by atoms with Gasteiger partial charge in [-0.2, -0.15) is 0 Å². The molecule has 1 aliphatic carbocycles. The van der Waals surface area contributed by atoms with Crippen LogP contribution in [-0.2, 0) is 0 Å². The van der Waals surface area contributed by atoms with Crippen molar-refractivity contribution in [3.05, 3.63) is 46.6 Å². The fourth-order valence-corrected chi connectivity index (χ4v) is 3.13. The lowest BCUT2D eigenvalue weighted by atomic mass is 9.83. The zero-order valence-electron chi connectivity index (χ0n) is 10.7. The van der Waals surface area contributed by atoms with E-state index in [0.29, 0.717) is 22.2 Å². The van der Waals surface area contributed by atoms with Crippen molar-refractivity contribution in [3.63, 3.8) is 0 Å². The van der Waals surface area contributed by atoms with E-state index in [-0.39, 0.29) is 5.78 Å². The van der Waals surface area contributed by atoms with Crippen LogP contribution < -0.4 is 0 Å². The highest BCUT2D eigenvalue weighted by molar-refractivity contribution is 6.49. The number of rotatable bonds is 3. The molecule has 2 nitrogen and oxygen atoms in total. The van der Waals surface area contributed by atoms with Crippen molar-refractivity contribution in [1.82, 2.24) is 0 Å². The van der Waals surface area contributed by atoms with Gasteiger partial charge < -0.3 is 0 Å². The molecule has 1 aliphatic heterocycles. The third kappa shape index (κ3) is 2.37. The summed E-state index contributed by atoms with van der Waals surface area (Å²) in [5.41, 5.74) is 2.05. The lowest BCUT2D eigenvalue weighted by molar-refractivity contribution is 0.103.